The Kier molecular flexibility index (Phi) is 5.34. The first kappa shape index (κ1) is 20.2. The number of aromatic nitrogens is 3. The van der Waals surface area contributed by atoms with E-state index in [0.717, 1.165) is 16.9 Å². The Balaban J connectivity index is 1.43. The first-order valence-electron chi connectivity index (χ1n) is 9.72. The number of nitrogens with zero attached hydrogens (tertiary/aromatic N) is 3. The summed E-state index contributed by atoms with van der Waals surface area (Å²) in [5, 5.41) is 5.04. The minimum absolute atomic E-state index is 0.237. The third-order valence-electron chi connectivity index (χ3n) is 4.69. The minimum Gasteiger partial charge on any atom is -0.490 e. The molecule has 6 nitrogen and oxygen atoms in total. The number of thiazole rings is 1. The molecular formula is C24H16ClN3O3S. The summed E-state index contributed by atoms with van der Waals surface area (Å²) in [5.41, 5.74) is 1.47. The molecule has 2 aromatic carbocycles. The molecule has 3 heterocycles. The van der Waals surface area contributed by atoms with Gasteiger partial charge in [0, 0.05) is 22.2 Å². The molecule has 0 aliphatic heterocycles. The molecule has 3 aromatic heterocycles. The molecule has 0 N–H and O–H groups in total. The van der Waals surface area contributed by atoms with E-state index in [2.05, 4.69) is 16.7 Å². The van der Waals surface area contributed by atoms with E-state index in [1.54, 1.807) is 24.3 Å². The van der Waals surface area contributed by atoms with Gasteiger partial charge in [0.15, 0.2) is 5.82 Å². The van der Waals surface area contributed by atoms with Crippen molar-refractivity contribution in [3.63, 3.8) is 0 Å². The van der Waals surface area contributed by atoms with E-state index in [1.807, 2.05) is 48.5 Å². The standard InChI is InChI=1S/C24H16ClN3O3S/c1-2-13-30-18-9-5-16(6-10-18)22-26-24-28(27-22)23(29)21(32-24)14-19-11-12-20(31-19)15-3-7-17(25)8-4-15/h2-12,14H,1,13H2/b21-14+. The minimum atomic E-state index is -0.237. The third-order valence-corrected chi connectivity index (χ3v) is 5.90. The molecule has 0 unspecified atom stereocenters. The zero-order valence-electron chi connectivity index (χ0n) is 16.7. The Morgan fingerprint density at radius 1 is 1.06 bits per heavy atom. The summed E-state index contributed by atoms with van der Waals surface area (Å²) >= 11 is 7.20. The lowest BCUT2D eigenvalue weighted by Crippen LogP contribution is -2.23. The molecule has 0 saturated heterocycles. The molecule has 8 heteroatoms. The average Bonchev–Trinajstić information content (AvgIpc) is 3.51. The van der Waals surface area contributed by atoms with Gasteiger partial charge in [-0.05, 0) is 60.7 Å². The summed E-state index contributed by atoms with van der Waals surface area (Å²) in [6.07, 6.45) is 3.39. The molecule has 0 aliphatic rings. The van der Waals surface area contributed by atoms with Gasteiger partial charge in [-0.3, -0.25) is 4.79 Å². The van der Waals surface area contributed by atoms with Crippen molar-refractivity contribution >= 4 is 34.0 Å². The van der Waals surface area contributed by atoms with Gasteiger partial charge in [-0.1, -0.05) is 35.6 Å². The van der Waals surface area contributed by atoms with Crippen molar-refractivity contribution in [2.45, 2.75) is 0 Å². The zero-order chi connectivity index (χ0) is 22.1. The smallest absolute Gasteiger partial charge is 0.291 e. The largest absolute Gasteiger partial charge is 0.490 e. The van der Waals surface area contributed by atoms with Gasteiger partial charge in [0.05, 0.1) is 0 Å². The van der Waals surface area contributed by atoms with Crippen LogP contribution in [0.1, 0.15) is 5.76 Å². The Morgan fingerprint density at radius 2 is 1.81 bits per heavy atom. The van der Waals surface area contributed by atoms with Gasteiger partial charge in [0.1, 0.15) is 28.4 Å². The van der Waals surface area contributed by atoms with E-state index >= 15 is 0 Å². The molecule has 5 rings (SSSR count). The van der Waals surface area contributed by atoms with E-state index in [0.29, 0.717) is 38.5 Å². The Labute approximate surface area is 191 Å². The number of benzene rings is 2. The number of halogens is 1. The number of ether oxygens (including phenoxy) is 1. The van der Waals surface area contributed by atoms with Crippen LogP contribution in [-0.4, -0.2) is 21.2 Å². The molecule has 0 radical (unpaired) electrons. The summed E-state index contributed by atoms with van der Waals surface area (Å²) in [6.45, 7) is 4.07. The van der Waals surface area contributed by atoms with Crippen molar-refractivity contribution in [3.8, 4) is 28.5 Å². The summed E-state index contributed by atoms with van der Waals surface area (Å²) in [5.74, 6) is 2.49. The molecule has 0 bridgehead atoms. The van der Waals surface area contributed by atoms with Crippen LogP contribution in [0.15, 0.2) is 82.5 Å². The maximum absolute atomic E-state index is 12.8. The van der Waals surface area contributed by atoms with Crippen LogP contribution < -0.4 is 14.8 Å². The van der Waals surface area contributed by atoms with Crippen LogP contribution >= 0.6 is 22.9 Å². The Morgan fingerprint density at radius 3 is 2.53 bits per heavy atom. The van der Waals surface area contributed by atoms with Gasteiger partial charge in [-0.25, -0.2) is 0 Å². The molecule has 0 fully saturated rings. The quantitative estimate of drug-likeness (QED) is 0.338. The predicted octanol–water partition coefficient (Wildman–Crippen LogP) is 4.84. The first-order chi connectivity index (χ1) is 15.6. The monoisotopic (exact) mass is 461 g/mol. The molecule has 0 amide bonds. The van der Waals surface area contributed by atoms with Crippen molar-refractivity contribution < 1.29 is 9.15 Å². The van der Waals surface area contributed by atoms with E-state index in [4.69, 9.17) is 20.8 Å². The third kappa shape index (κ3) is 3.95. The van der Waals surface area contributed by atoms with Crippen molar-refractivity contribution in [2.75, 3.05) is 6.61 Å². The molecule has 0 atom stereocenters. The molecular weight excluding hydrogens is 446 g/mol. The molecule has 0 spiro atoms. The van der Waals surface area contributed by atoms with Crippen LogP contribution in [0, 0.1) is 0 Å². The van der Waals surface area contributed by atoms with E-state index in [9.17, 15) is 4.79 Å². The van der Waals surface area contributed by atoms with E-state index in [1.165, 1.54) is 15.9 Å². The highest BCUT2D eigenvalue weighted by molar-refractivity contribution is 7.15. The van der Waals surface area contributed by atoms with Crippen LogP contribution in [0.4, 0.5) is 0 Å². The fourth-order valence-corrected chi connectivity index (χ4v) is 4.15. The average molecular weight is 462 g/mol. The predicted molar refractivity (Wildman–Crippen MR) is 126 cm³/mol. The summed E-state index contributed by atoms with van der Waals surface area (Å²) in [7, 11) is 0. The second-order valence-corrected chi connectivity index (χ2v) is 8.32. The Hall–Kier alpha value is -3.68. The molecule has 0 aliphatic carbocycles. The van der Waals surface area contributed by atoms with Crippen molar-refractivity contribution in [2.24, 2.45) is 0 Å². The lowest BCUT2D eigenvalue weighted by molar-refractivity contribution is 0.363. The first-order valence-corrected chi connectivity index (χ1v) is 10.9. The number of fused-ring (bicyclic) bond motifs is 1. The molecule has 32 heavy (non-hydrogen) atoms. The second-order valence-electron chi connectivity index (χ2n) is 6.88. The van der Waals surface area contributed by atoms with E-state index < -0.39 is 0 Å². The van der Waals surface area contributed by atoms with Crippen molar-refractivity contribution in [3.05, 3.63) is 99.0 Å². The molecule has 0 saturated carbocycles. The van der Waals surface area contributed by atoms with Gasteiger partial charge in [0.2, 0.25) is 4.96 Å². The number of hydrogen-bond acceptors (Lipinski definition) is 6. The summed E-state index contributed by atoms with van der Waals surface area (Å²) in [4.78, 5) is 17.8. The van der Waals surface area contributed by atoms with Crippen molar-refractivity contribution in [1.29, 1.82) is 0 Å². The number of furan rings is 1. The lowest BCUT2D eigenvalue weighted by Gasteiger charge is -2.02. The normalized spacial score (nSPS) is 11.8. The second kappa shape index (κ2) is 8.45. The van der Waals surface area contributed by atoms with Gasteiger partial charge in [-0.2, -0.15) is 9.50 Å². The fourth-order valence-electron chi connectivity index (χ4n) is 3.14. The van der Waals surface area contributed by atoms with E-state index in [-0.39, 0.29) is 5.56 Å². The van der Waals surface area contributed by atoms with Gasteiger partial charge >= 0.3 is 0 Å². The van der Waals surface area contributed by atoms with Gasteiger partial charge < -0.3 is 9.15 Å². The highest BCUT2D eigenvalue weighted by atomic mass is 35.5. The van der Waals surface area contributed by atoms with Crippen LogP contribution in [0.5, 0.6) is 5.75 Å². The maximum atomic E-state index is 12.8. The van der Waals surface area contributed by atoms with Crippen LogP contribution in [-0.2, 0) is 0 Å². The van der Waals surface area contributed by atoms with Gasteiger partial charge in [0.25, 0.3) is 5.56 Å². The molecule has 5 aromatic rings. The molecule has 158 valence electrons. The SMILES string of the molecule is C=CCOc1ccc(-c2nc3s/c(=C/c4ccc(-c5ccc(Cl)cc5)o4)c(=O)n3n2)cc1. The topological polar surface area (TPSA) is 69.6 Å². The highest BCUT2D eigenvalue weighted by Gasteiger charge is 2.13. The van der Waals surface area contributed by atoms with Gasteiger partial charge in [-0.15, -0.1) is 5.10 Å². The highest BCUT2D eigenvalue weighted by Crippen LogP contribution is 2.24. The fraction of sp³-hybridized carbons (Fsp3) is 0.0417. The van der Waals surface area contributed by atoms with Crippen LogP contribution in [0.25, 0.3) is 33.7 Å². The summed E-state index contributed by atoms with van der Waals surface area (Å²) in [6, 6.07) is 18.4. The zero-order valence-corrected chi connectivity index (χ0v) is 18.3. The number of hydrogen-bond donors (Lipinski definition) is 0. The Bertz CT molecular complexity index is 1520. The van der Waals surface area contributed by atoms with Crippen LogP contribution in [0.3, 0.4) is 0 Å². The summed E-state index contributed by atoms with van der Waals surface area (Å²) < 4.78 is 13.2. The number of rotatable bonds is 6. The van der Waals surface area contributed by atoms with Crippen molar-refractivity contribution in [1.82, 2.24) is 14.6 Å². The lowest BCUT2D eigenvalue weighted by atomic mass is 10.2. The van der Waals surface area contributed by atoms with Crippen LogP contribution in [0.2, 0.25) is 5.02 Å². The maximum Gasteiger partial charge on any atom is 0.291 e.